The predicted octanol–water partition coefficient (Wildman–Crippen LogP) is 1.94. The summed E-state index contributed by atoms with van der Waals surface area (Å²) in [5, 5.41) is 4.48. The van der Waals surface area contributed by atoms with Gasteiger partial charge < -0.3 is 4.74 Å². The normalized spacial score (nSPS) is 10.3. The van der Waals surface area contributed by atoms with Crippen molar-refractivity contribution in [2.75, 3.05) is 0 Å². The van der Waals surface area contributed by atoms with E-state index in [1.165, 1.54) is 10.7 Å². The molecule has 0 bridgehead atoms. The second kappa shape index (κ2) is 6.05. The Kier molecular flexibility index (Phi) is 4.41. The van der Waals surface area contributed by atoms with Gasteiger partial charge in [0.1, 0.15) is 5.75 Å². The van der Waals surface area contributed by atoms with Gasteiger partial charge in [-0.1, -0.05) is 27.5 Å². The highest BCUT2D eigenvalue weighted by molar-refractivity contribution is 9.10. The van der Waals surface area contributed by atoms with E-state index >= 15 is 0 Å². The molecule has 6 nitrogen and oxygen atoms in total. The number of hydrogen-bond acceptors (Lipinski definition) is 4. The molecule has 1 aromatic carbocycles. The van der Waals surface area contributed by atoms with Crippen LogP contribution in [0.25, 0.3) is 0 Å². The summed E-state index contributed by atoms with van der Waals surface area (Å²) >= 11 is 9.31. The molecule has 2 aromatic rings. The number of aromatic nitrogens is 2. The number of carbonyl (C=O) groups excluding carboxylic acids is 1. The molecule has 0 aliphatic rings. The van der Waals surface area contributed by atoms with E-state index in [2.05, 4.69) is 21.0 Å². The maximum Gasteiger partial charge on any atom is 0.285 e. The Bertz CT molecular complexity index is 602. The van der Waals surface area contributed by atoms with Gasteiger partial charge in [-0.05, 0) is 24.3 Å². The van der Waals surface area contributed by atoms with Gasteiger partial charge >= 0.3 is 0 Å². The molecule has 0 saturated heterocycles. The van der Waals surface area contributed by atoms with Gasteiger partial charge in [0, 0.05) is 10.7 Å². The first-order valence-electron chi connectivity index (χ1n) is 5.22. The molecular formula is C11H10BrClN4O2. The van der Waals surface area contributed by atoms with Crippen molar-refractivity contribution < 1.29 is 9.53 Å². The average molecular weight is 346 g/mol. The molecule has 0 saturated carbocycles. The Labute approximate surface area is 122 Å². The van der Waals surface area contributed by atoms with Crippen LogP contribution in [0.1, 0.15) is 10.5 Å². The van der Waals surface area contributed by atoms with Crippen molar-refractivity contribution >= 4 is 33.4 Å². The number of nitrogen functional groups attached to an aromatic ring is 1. The molecule has 2 rings (SSSR count). The molecule has 0 spiro atoms. The van der Waals surface area contributed by atoms with E-state index in [9.17, 15) is 4.79 Å². The summed E-state index contributed by atoms with van der Waals surface area (Å²) in [5.74, 6) is 5.09. The number of nitrogens with one attached hydrogen (secondary N) is 1. The Hall–Kier alpha value is -1.57. The van der Waals surface area contributed by atoms with Gasteiger partial charge in [-0.25, -0.2) is 10.5 Å². The standard InChI is InChI=1S/C11H10BrClN4O2/c12-7-1-2-10(8(13)5-7)19-6-17-4-3-9(16-17)11(18)15-14/h1-5H,6,14H2,(H,15,18). The van der Waals surface area contributed by atoms with Gasteiger partial charge in [0.05, 0.1) is 5.02 Å². The highest BCUT2D eigenvalue weighted by atomic mass is 79.9. The van der Waals surface area contributed by atoms with E-state index in [0.29, 0.717) is 10.8 Å². The second-order valence-electron chi connectivity index (χ2n) is 3.56. The van der Waals surface area contributed by atoms with Gasteiger partial charge in [0.2, 0.25) is 0 Å². The summed E-state index contributed by atoms with van der Waals surface area (Å²) in [6.45, 7) is 0.138. The van der Waals surface area contributed by atoms with Crippen LogP contribution in [0, 0.1) is 0 Å². The first-order chi connectivity index (χ1) is 9.10. The van der Waals surface area contributed by atoms with Crippen LogP contribution in [0.3, 0.4) is 0 Å². The Morgan fingerprint density at radius 2 is 2.32 bits per heavy atom. The van der Waals surface area contributed by atoms with Crippen LogP contribution < -0.4 is 16.0 Å². The summed E-state index contributed by atoms with van der Waals surface area (Å²) < 4.78 is 7.82. The lowest BCUT2D eigenvalue weighted by molar-refractivity contribution is 0.0946. The second-order valence-corrected chi connectivity index (χ2v) is 4.88. The van der Waals surface area contributed by atoms with Crippen molar-refractivity contribution in [2.45, 2.75) is 6.73 Å². The number of carbonyl (C=O) groups is 1. The van der Waals surface area contributed by atoms with E-state index in [-0.39, 0.29) is 12.4 Å². The van der Waals surface area contributed by atoms with Crippen molar-refractivity contribution in [3.63, 3.8) is 0 Å². The fourth-order valence-corrected chi connectivity index (χ4v) is 2.08. The summed E-state index contributed by atoms with van der Waals surface area (Å²) in [4.78, 5) is 11.2. The molecule has 0 unspecified atom stereocenters. The van der Waals surface area contributed by atoms with Crippen LogP contribution in [-0.2, 0) is 6.73 Å². The third-order valence-corrected chi connectivity index (χ3v) is 3.04. The Balaban J connectivity index is 2.02. The molecule has 1 aromatic heterocycles. The zero-order valence-corrected chi connectivity index (χ0v) is 12.0. The molecule has 1 heterocycles. The largest absolute Gasteiger partial charge is 0.470 e. The summed E-state index contributed by atoms with van der Waals surface area (Å²) in [7, 11) is 0. The minimum absolute atomic E-state index is 0.138. The number of hydrogen-bond donors (Lipinski definition) is 2. The van der Waals surface area contributed by atoms with E-state index in [1.807, 2.05) is 11.5 Å². The Morgan fingerprint density at radius 3 is 3.00 bits per heavy atom. The molecular weight excluding hydrogens is 336 g/mol. The van der Waals surface area contributed by atoms with Crippen molar-refractivity contribution in [3.8, 4) is 5.75 Å². The first-order valence-corrected chi connectivity index (χ1v) is 6.39. The van der Waals surface area contributed by atoms with Crippen LogP contribution in [0.5, 0.6) is 5.75 Å². The van der Waals surface area contributed by atoms with Crippen LogP contribution in [0.4, 0.5) is 0 Å². The fourth-order valence-electron chi connectivity index (χ4n) is 1.36. The summed E-state index contributed by atoms with van der Waals surface area (Å²) in [5.41, 5.74) is 2.22. The third kappa shape index (κ3) is 3.46. The number of ether oxygens (including phenoxy) is 1. The van der Waals surface area contributed by atoms with E-state index < -0.39 is 5.91 Å². The first kappa shape index (κ1) is 13.9. The zero-order chi connectivity index (χ0) is 13.8. The van der Waals surface area contributed by atoms with Gasteiger partial charge in [-0.3, -0.25) is 10.2 Å². The summed E-state index contributed by atoms with van der Waals surface area (Å²) in [6, 6.07) is 6.82. The van der Waals surface area contributed by atoms with E-state index in [4.69, 9.17) is 22.2 Å². The van der Waals surface area contributed by atoms with Crippen LogP contribution in [0.15, 0.2) is 34.9 Å². The highest BCUT2D eigenvalue weighted by Crippen LogP contribution is 2.27. The molecule has 0 radical (unpaired) electrons. The molecule has 1 amide bonds. The van der Waals surface area contributed by atoms with Crippen molar-refractivity contribution in [2.24, 2.45) is 5.84 Å². The van der Waals surface area contributed by atoms with Crippen LogP contribution in [0.2, 0.25) is 5.02 Å². The van der Waals surface area contributed by atoms with Gasteiger partial charge in [-0.2, -0.15) is 5.10 Å². The highest BCUT2D eigenvalue weighted by Gasteiger charge is 2.08. The number of hydrazine groups is 1. The molecule has 3 N–H and O–H groups in total. The molecule has 8 heteroatoms. The van der Waals surface area contributed by atoms with E-state index in [1.54, 1.807) is 18.3 Å². The maximum atomic E-state index is 11.2. The van der Waals surface area contributed by atoms with Crippen molar-refractivity contribution in [1.82, 2.24) is 15.2 Å². The van der Waals surface area contributed by atoms with Crippen molar-refractivity contribution in [3.05, 3.63) is 45.7 Å². The number of rotatable bonds is 4. The number of halogens is 2. The lowest BCUT2D eigenvalue weighted by Crippen LogP contribution is -2.30. The van der Waals surface area contributed by atoms with Gasteiger partial charge in [0.25, 0.3) is 5.91 Å². The van der Waals surface area contributed by atoms with E-state index in [0.717, 1.165) is 4.47 Å². The topological polar surface area (TPSA) is 82.2 Å². The quantitative estimate of drug-likeness (QED) is 0.504. The van der Waals surface area contributed by atoms with Gasteiger partial charge in [0.15, 0.2) is 12.4 Å². The molecule has 19 heavy (non-hydrogen) atoms. The third-order valence-electron chi connectivity index (χ3n) is 2.25. The molecule has 0 aliphatic carbocycles. The lowest BCUT2D eigenvalue weighted by atomic mass is 10.3. The Morgan fingerprint density at radius 1 is 1.53 bits per heavy atom. The summed E-state index contributed by atoms with van der Waals surface area (Å²) in [6.07, 6.45) is 1.61. The lowest BCUT2D eigenvalue weighted by Gasteiger charge is -2.08. The van der Waals surface area contributed by atoms with Crippen molar-refractivity contribution in [1.29, 1.82) is 0 Å². The number of nitrogens with zero attached hydrogens (tertiary/aromatic N) is 2. The van der Waals surface area contributed by atoms with Gasteiger partial charge in [-0.15, -0.1) is 0 Å². The molecule has 0 atom stereocenters. The molecule has 0 fully saturated rings. The smallest absolute Gasteiger partial charge is 0.285 e. The van der Waals surface area contributed by atoms with Crippen LogP contribution in [-0.4, -0.2) is 15.7 Å². The SMILES string of the molecule is NNC(=O)c1ccn(COc2ccc(Br)cc2Cl)n1. The minimum atomic E-state index is -0.458. The predicted molar refractivity (Wildman–Crippen MR) is 73.7 cm³/mol. The zero-order valence-electron chi connectivity index (χ0n) is 9.64. The minimum Gasteiger partial charge on any atom is -0.470 e. The molecule has 100 valence electrons. The number of benzene rings is 1. The maximum absolute atomic E-state index is 11.2. The fraction of sp³-hybridized carbons (Fsp3) is 0.0909. The molecule has 0 aliphatic heterocycles. The van der Waals surface area contributed by atoms with Crippen LogP contribution >= 0.6 is 27.5 Å². The monoisotopic (exact) mass is 344 g/mol. The average Bonchev–Trinajstić information content (AvgIpc) is 2.85. The number of nitrogens with two attached hydrogens (primary N) is 1. The number of amides is 1.